The van der Waals surface area contributed by atoms with Crippen molar-refractivity contribution in [1.29, 1.82) is 0 Å². The molecular formula is C20H21NO4. The minimum atomic E-state index is -0.826. The van der Waals surface area contributed by atoms with Crippen LogP contribution >= 0.6 is 0 Å². The number of hydrogen-bond acceptors (Lipinski definition) is 4. The van der Waals surface area contributed by atoms with Crippen molar-refractivity contribution in [2.45, 2.75) is 38.3 Å². The quantitative estimate of drug-likeness (QED) is 0.846. The predicted octanol–water partition coefficient (Wildman–Crippen LogP) is 3.21. The molecule has 2 aromatic rings. The van der Waals surface area contributed by atoms with Gasteiger partial charge in [0.25, 0.3) is 0 Å². The van der Waals surface area contributed by atoms with Gasteiger partial charge in [0.2, 0.25) is 6.79 Å². The van der Waals surface area contributed by atoms with Crippen LogP contribution < -0.4 is 14.8 Å². The van der Waals surface area contributed by atoms with Gasteiger partial charge in [-0.25, -0.2) is 0 Å². The molecule has 0 aromatic heterocycles. The normalized spacial score (nSPS) is 15.8. The number of carbonyl (C=O) groups is 1. The average molecular weight is 339 g/mol. The fraction of sp³-hybridized carbons (Fsp3) is 0.350. The van der Waals surface area contributed by atoms with Crippen LogP contribution in [0.5, 0.6) is 11.5 Å². The lowest BCUT2D eigenvalue weighted by Gasteiger charge is -2.19. The summed E-state index contributed by atoms with van der Waals surface area (Å²) >= 11 is 0. The van der Waals surface area contributed by atoms with Gasteiger partial charge in [0.1, 0.15) is 0 Å². The highest BCUT2D eigenvalue weighted by Gasteiger charge is 2.21. The molecule has 5 nitrogen and oxygen atoms in total. The van der Waals surface area contributed by atoms with Crippen LogP contribution in [-0.4, -0.2) is 17.9 Å². The Morgan fingerprint density at radius 3 is 2.92 bits per heavy atom. The van der Waals surface area contributed by atoms with E-state index in [0.29, 0.717) is 18.0 Å². The van der Waals surface area contributed by atoms with Gasteiger partial charge in [-0.15, -0.1) is 0 Å². The zero-order valence-corrected chi connectivity index (χ0v) is 14.0. The third-order valence-electron chi connectivity index (χ3n) is 4.96. The van der Waals surface area contributed by atoms with Crippen molar-refractivity contribution in [3.8, 4) is 11.5 Å². The van der Waals surface area contributed by atoms with Gasteiger partial charge in [0.15, 0.2) is 11.5 Å². The van der Waals surface area contributed by atoms with Crippen molar-refractivity contribution in [3.63, 3.8) is 0 Å². The predicted molar refractivity (Wildman–Crippen MR) is 92.9 cm³/mol. The van der Waals surface area contributed by atoms with Crippen LogP contribution in [0.25, 0.3) is 0 Å². The maximum absolute atomic E-state index is 11.3. The first-order valence-electron chi connectivity index (χ1n) is 8.65. The monoisotopic (exact) mass is 339 g/mol. The largest absolute Gasteiger partial charge is 0.481 e. The molecule has 0 unspecified atom stereocenters. The number of nitrogens with one attached hydrogen (secondary N) is 1. The Bertz CT molecular complexity index is 802. The van der Waals surface area contributed by atoms with E-state index in [2.05, 4.69) is 23.5 Å². The summed E-state index contributed by atoms with van der Waals surface area (Å²) in [5, 5.41) is 12.7. The molecule has 2 aliphatic rings. The molecule has 25 heavy (non-hydrogen) atoms. The van der Waals surface area contributed by atoms with Crippen molar-refractivity contribution < 1.29 is 19.4 Å². The second-order valence-corrected chi connectivity index (χ2v) is 6.55. The van der Waals surface area contributed by atoms with Gasteiger partial charge < -0.3 is 19.9 Å². The highest BCUT2D eigenvalue weighted by molar-refractivity contribution is 5.68. The summed E-state index contributed by atoms with van der Waals surface area (Å²) < 4.78 is 10.8. The van der Waals surface area contributed by atoms with Crippen LogP contribution in [0.15, 0.2) is 36.4 Å². The molecule has 0 saturated carbocycles. The maximum Gasteiger partial charge on any atom is 0.305 e. The van der Waals surface area contributed by atoms with Gasteiger partial charge in [0.05, 0.1) is 6.42 Å². The fourth-order valence-corrected chi connectivity index (χ4v) is 3.71. The Hall–Kier alpha value is -2.53. The molecule has 130 valence electrons. The van der Waals surface area contributed by atoms with Gasteiger partial charge in [0, 0.05) is 12.6 Å². The van der Waals surface area contributed by atoms with Crippen molar-refractivity contribution in [2.24, 2.45) is 0 Å². The van der Waals surface area contributed by atoms with E-state index in [1.807, 2.05) is 18.2 Å². The van der Waals surface area contributed by atoms with Crippen LogP contribution in [0.2, 0.25) is 0 Å². The van der Waals surface area contributed by atoms with Gasteiger partial charge in [-0.3, -0.25) is 4.79 Å². The summed E-state index contributed by atoms with van der Waals surface area (Å²) in [5.41, 5.74) is 5.03. The fourth-order valence-electron chi connectivity index (χ4n) is 3.71. The summed E-state index contributed by atoms with van der Waals surface area (Å²) in [4.78, 5) is 11.3. The number of carboxylic acids is 1. The molecule has 1 atom stereocenters. The minimum Gasteiger partial charge on any atom is -0.481 e. The number of aryl methyl sites for hydroxylation is 1. The summed E-state index contributed by atoms with van der Waals surface area (Å²) in [6.07, 6.45) is 3.48. The molecule has 0 fully saturated rings. The van der Waals surface area contributed by atoms with E-state index in [0.717, 1.165) is 18.4 Å². The number of rotatable bonds is 6. The molecular weight excluding hydrogens is 318 g/mol. The van der Waals surface area contributed by atoms with E-state index in [4.69, 9.17) is 9.47 Å². The number of hydrogen-bond donors (Lipinski definition) is 2. The SMILES string of the molecule is O=C(O)C[C@H](NCc1cccc2c1CCC2)c1ccc2c(c1)OCO2. The zero-order valence-electron chi connectivity index (χ0n) is 14.0. The van der Waals surface area contributed by atoms with Crippen LogP contribution in [0.3, 0.4) is 0 Å². The van der Waals surface area contributed by atoms with Crippen LogP contribution in [0, 0.1) is 0 Å². The van der Waals surface area contributed by atoms with E-state index in [9.17, 15) is 9.90 Å². The Balaban J connectivity index is 1.54. The Labute approximate surface area is 146 Å². The van der Waals surface area contributed by atoms with Crippen molar-refractivity contribution in [2.75, 3.05) is 6.79 Å². The van der Waals surface area contributed by atoms with Gasteiger partial charge >= 0.3 is 5.97 Å². The van der Waals surface area contributed by atoms with Crippen LogP contribution in [-0.2, 0) is 24.2 Å². The van der Waals surface area contributed by atoms with Crippen molar-refractivity contribution in [3.05, 3.63) is 58.7 Å². The minimum absolute atomic E-state index is 0.0225. The van der Waals surface area contributed by atoms with Gasteiger partial charge in [-0.05, 0) is 53.6 Å². The van der Waals surface area contributed by atoms with Gasteiger partial charge in [-0.2, -0.15) is 0 Å². The molecule has 0 radical (unpaired) electrons. The zero-order chi connectivity index (χ0) is 17.2. The van der Waals surface area contributed by atoms with E-state index in [1.165, 1.54) is 23.1 Å². The number of ether oxygens (including phenoxy) is 2. The lowest BCUT2D eigenvalue weighted by molar-refractivity contribution is -0.137. The van der Waals surface area contributed by atoms with Crippen molar-refractivity contribution in [1.82, 2.24) is 5.32 Å². The summed E-state index contributed by atoms with van der Waals surface area (Å²) in [6, 6.07) is 11.8. The Kier molecular flexibility index (Phi) is 4.32. The second-order valence-electron chi connectivity index (χ2n) is 6.55. The third kappa shape index (κ3) is 3.33. The first kappa shape index (κ1) is 16.0. The molecule has 0 bridgehead atoms. The topological polar surface area (TPSA) is 67.8 Å². The number of carboxylic acid groups (broad SMARTS) is 1. The standard InChI is InChI=1S/C20H21NO4/c22-20(23)10-17(14-7-8-18-19(9-14)25-12-24-18)21-11-15-5-1-3-13-4-2-6-16(13)15/h1,3,5,7-9,17,21H,2,4,6,10-12H2,(H,22,23)/t17-/m0/s1. The highest BCUT2D eigenvalue weighted by atomic mass is 16.7. The Morgan fingerprint density at radius 2 is 2.04 bits per heavy atom. The average Bonchev–Trinajstić information content (AvgIpc) is 3.26. The summed E-state index contributed by atoms with van der Waals surface area (Å²) in [7, 11) is 0. The first-order chi connectivity index (χ1) is 12.2. The Morgan fingerprint density at radius 1 is 1.16 bits per heavy atom. The first-order valence-corrected chi connectivity index (χ1v) is 8.65. The second kappa shape index (κ2) is 6.76. The molecule has 2 N–H and O–H groups in total. The summed E-state index contributed by atoms with van der Waals surface area (Å²) in [5.74, 6) is 0.558. The molecule has 0 spiro atoms. The smallest absolute Gasteiger partial charge is 0.305 e. The van der Waals surface area contributed by atoms with Crippen LogP contribution in [0.1, 0.15) is 41.1 Å². The van der Waals surface area contributed by atoms with E-state index in [1.54, 1.807) is 0 Å². The molecule has 1 aliphatic carbocycles. The molecule has 2 aromatic carbocycles. The number of aliphatic carboxylic acids is 1. The molecule has 0 saturated heterocycles. The third-order valence-corrected chi connectivity index (χ3v) is 4.96. The van der Waals surface area contributed by atoms with E-state index in [-0.39, 0.29) is 19.3 Å². The highest BCUT2D eigenvalue weighted by Crippen LogP contribution is 2.35. The molecule has 0 amide bonds. The molecule has 5 heteroatoms. The lowest BCUT2D eigenvalue weighted by Crippen LogP contribution is -2.24. The van der Waals surface area contributed by atoms with Gasteiger partial charge in [-0.1, -0.05) is 24.3 Å². The summed E-state index contributed by atoms with van der Waals surface area (Å²) in [6.45, 7) is 0.877. The lowest BCUT2D eigenvalue weighted by atomic mass is 10.0. The maximum atomic E-state index is 11.3. The van der Waals surface area contributed by atoms with E-state index >= 15 is 0 Å². The molecule has 1 heterocycles. The van der Waals surface area contributed by atoms with E-state index < -0.39 is 5.97 Å². The molecule has 4 rings (SSSR count). The molecule has 1 aliphatic heterocycles. The number of benzene rings is 2. The van der Waals surface area contributed by atoms with Crippen molar-refractivity contribution >= 4 is 5.97 Å². The van der Waals surface area contributed by atoms with Crippen LogP contribution in [0.4, 0.5) is 0 Å². The number of fused-ring (bicyclic) bond motifs is 2.